The Morgan fingerprint density at radius 3 is 2.65 bits per heavy atom. The maximum Gasteiger partial charge on any atom is 0.407 e. The van der Waals surface area contributed by atoms with E-state index in [-0.39, 0.29) is 5.60 Å². The van der Waals surface area contributed by atoms with Gasteiger partial charge in [0, 0.05) is 19.1 Å². The molecule has 0 aromatic heterocycles. The molecule has 6 nitrogen and oxygen atoms in total. The monoisotopic (exact) mass is 242 g/mol. The summed E-state index contributed by atoms with van der Waals surface area (Å²) in [7, 11) is 0. The third-order valence-electron chi connectivity index (χ3n) is 3.98. The van der Waals surface area contributed by atoms with Gasteiger partial charge in [0.05, 0.1) is 32.9 Å². The van der Waals surface area contributed by atoms with E-state index in [1.165, 1.54) is 4.90 Å². The third kappa shape index (κ3) is 2.00. The van der Waals surface area contributed by atoms with Crippen LogP contribution in [-0.2, 0) is 9.47 Å². The van der Waals surface area contributed by atoms with Crippen molar-refractivity contribution in [1.82, 2.24) is 9.80 Å². The van der Waals surface area contributed by atoms with Crippen molar-refractivity contribution in [3.8, 4) is 0 Å². The number of likely N-dealkylation sites (tertiary alicyclic amines) is 1. The number of rotatable bonds is 1. The second-order valence-electron chi connectivity index (χ2n) is 5.14. The maximum atomic E-state index is 10.7. The number of nitrogens with zero attached hydrogens (tertiary/aromatic N) is 2. The molecule has 6 heteroatoms. The summed E-state index contributed by atoms with van der Waals surface area (Å²) in [5.74, 6) is 0. The number of ether oxygens (including phenoxy) is 2. The largest absolute Gasteiger partial charge is 0.465 e. The number of hydrogen-bond donors (Lipinski definition) is 1. The van der Waals surface area contributed by atoms with Crippen LogP contribution in [0.1, 0.15) is 6.42 Å². The number of morpholine rings is 1. The molecule has 0 aromatic rings. The van der Waals surface area contributed by atoms with E-state index < -0.39 is 6.09 Å². The van der Waals surface area contributed by atoms with Crippen molar-refractivity contribution in [2.24, 2.45) is 0 Å². The molecule has 3 heterocycles. The summed E-state index contributed by atoms with van der Waals surface area (Å²) < 4.78 is 11.2. The Bertz CT molecular complexity index is 311. The third-order valence-corrected chi connectivity index (χ3v) is 3.98. The molecule has 3 saturated heterocycles. The van der Waals surface area contributed by atoms with Crippen molar-refractivity contribution in [2.45, 2.75) is 18.1 Å². The molecule has 0 bridgehead atoms. The molecule has 3 fully saturated rings. The highest BCUT2D eigenvalue weighted by atomic mass is 16.5. The number of hydrogen-bond acceptors (Lipinski definition) is 4. The second-order valence-corrected chi connectivity index (χ2v) is 5.14. The van der Waals surface area contributed by atoms with Gasteiger partial charge in [-0.25, -0.2) is 4.79 Å². The molecule has 17 heavy (non-hydrogen) atoms. The predicted molar refractivity (Wildman–Crippen MR) is 59.1 cm³/mol. The minimum absolute atomic E-state index is 0.193. The summed E-state index contributed by atoms with van der Waals surface area (Å²) >= 11 is 0. The number of carboxylic acid groups (broad SMARTS) is 1. The second kappa shape index (κ2) is 4.12. The summed E-state index contributed by atoms with van der Waals surface area (Å²) in [6.07, 6.45) is 0.116. The molecule has 96 valence electrons. The van der Waals surface area contributed by atoms with E-state index in [4.69, 9.17) is 14.6 Å². The molecule has 0 aliphatic carbocycles. The minimum Gasteiger partial charge on any atom is -0.465 e. The van der Waals surface area contributed by atoms with Crippen LogP contribution in [-0.4, -0.2) is 78.6 Å². The Balaban J connectivity index is 1.54. The Labute approximate surface area is 100 Å². The summed E-state index contributed by atoms with van der Waals surface area (Å²) in [4.78, 5) is 14.6. The first kappa shape index (κ1) is 11.3. The van der Waals surface area contributed by atoms with Gasteiger partial charge in [-0.1, -0.05) is 0 Å². The molecular weight excluding hydrogens is 224 g/mol. The van der Waals surface area contributed by atoms with Gasteiger partial charge in [-0.2, -0.15) is 0 Å². The normalized spacial score (nSPS) is 32.7. The van der Waals surface area contributed by atoms with Crippen molar-refractivity contribution in [3.63, 3.8) is 0 Å². The molecule has 3 aliphatic heterocycles. The average molecular weight is 242 g/mol. The van der Waals surface area contributed by atoms with E-state index in [1.807, 2.05) is 0 Å². The first-order valence-corrected chi connectivity index (χ1v) is 6.12. The van der Waals surface area contributed by atoms with Crippen LogP contribution in [0.3, 0.4) is 0 Å². The number of carbonyl (C=O) groups is 1. The van der Waals surface area contributed by atoms with Crippen LogP contribution in [0.25, 0.3) is 0 Å². The van der Waals surface area contributed by atoms with Crippen LogP contribution < -0.4 is 0 Å². The lowest BCUT2D eigenvalue weighted by Crippen LogP contribution is -2.63. The molecule has 1 spiro atoms. The van der Waals surface area contributed by atoms with Gasteiger partial charge in [0.25, 0.3) is 0 Å². The van der Waals surface area contributed by atoms with Crippen molar-refractivity contribution < 1.29 is 19.4 Å². The van der Waals surface area contributed by atoms with E-state index in [9.17, 15) is 4.79 Å². The lowest BCUT2D eigenvalue weighted by molar-refractivity contribution is -0.0982. The van der Waals surface area contributed by atoms with Gasteiger partial charge >= 0.3 is 6.09 Å². The zero-order valence-corrected chi connectivity index (χ0v) is 9.80. The van der Waals surface area contributed by atoms with Gasteiger partial charge in [-0.05, 0) is 6.42 Å². The van der Waals surface area contributed by atoms with Gasteiger partial charge in [0.15, 0.2) is 0 Å². The highest BCUT2D eigenvalue weighted by Gasteiger charge is 2.52. The van der Waals surface area contributed by atoms with Crippen LogP contribution in [0.4, 0.5) is 4.79 Å². The van der Waals surface area contributed by atoms with E-state index in [0.29, 0.717) is 19.1 Å². The fourth-order valence-corrected chi connectivity index (χ4v) is 3.00. The van der Waals surface area contributed by atoms with Crippen LogP contribution in [0.15, 0.2) is 0 Å². The Hall–Kier alpha value is -0.850. The highest BCUT2D eigenvalue weighted by Crippen LogP contribution is 2.36. The summed E-state index contributed by atoms with van der Waals surface area (Å²) in [5, 5.41) is 8.83. The standard InChI is InChI=1S/C11H18N2O4/c14-10(15)13-7-11(8-13)5-9(6-17-11)12-1-3-16-4-2-12/h9H,1-8H2,(H,14,15)/t9-/m0/s1. The minimum atomic E-state index is -0.839. The SMILES string of the molecule is O=C(O)N1CC2(C[C@H](N3CCOCC3)CO2)C1. The molecule has 3 rings (SSSR count). The van der Waals surface area contributed by atoms with Crippen molar-refractivity contribution in [3.05, 3.63) is 0 Å². The molecule has 1 atom stereocenters. The first-order valence-electron chi connectivity index (χ1n) is 6.12. The van der Waals surface area contributed by atoms with Gasteiger partial charge in [0.2, 0.25) is 0 Å². The Kier molecular flexibility index (Phi) is 2.72. The molecule has 0 unspecified atom stereocenters. The van der Waals surface area contributed by atoms with E-state index in [1.54, 1.807) is 0 Å². The van der Waals surface area contributed by atoms with Gasteiger partial charge in [-0.3, -0.25) is 4.90 Å². The molecule has 1 amide bonds. The zero-order valence-electron chi connectivity index (χ0n) is 9.80. The summed E-state index contributed by atoms with van der Waals surface area (Å²) in [5.41, 5.74) is -0.193. The quantitative estimate of drug-likeness (QED) is 0.692. The molecule has 3 aliphatic rings. The Morgan fingerprint density at radius 1 is 1.29 bits per heavy atom. The van der Waals surface area contributed by atoms with E-state index in [0.717, 1.165) is 39.3 Å². The van der Waals surface area contributed by atoms with Crippen molar-refractivity contribution >= 4 is 6.09 Å². The van der Waals surface area contributed by atoms with Gasteiger partial charge in [0.1, 0.15) is 5.60 Å². The average Bonchev–Trinajstić information content (AvgIpc) is 2.73. The van der Waals surface area contributed by atoms with Gasteiger partial charge < -0.3 is 19.5 Å². The van der Waals surface area contributed by atoms with E-state index in [2.05, 4.69) is 4.90 Å². The lowest BCUT2D eigenvalue weighted by Gasteiger charge is -2.45. The first-order chi connectivity index (χ1) is 8.19. The number of amides is 1. The van der Waals surface area contributed by atoms with Crippen molar-refractivity contribution in [2.75, 3.05) is 46.0 Å². The predicted octanol–water partition coefficient (Wildman–Crippen LogP) is -0.160. The lowest BCUT2D eigenvalue weighted by atomic mass is 9.89. The highest BCUT2D eigenvalue weighted by molar-refractivity contribution is 5.66. The van der Waals surface area contributed by atoms with Crippen LogP contribution >= 0.6 is 0 Å². The van der Waals surface area contributed by atoms with Gasteiger partial charge in [-0.15, -0.1) is 0 Å². The topological polar surface area (TPSA) is 62.2 Å². The van der Waals surface area contributed by atoms with E-state index >= 15 is 0 Å². The summed E-state index contributed by atoms with van der Waals surface area (Å²) in [6.45, 7) is 5.31. The zero-order chi connectivity index (χ0) is 11.9. The van der Waals surface area contributed by atoms with Crippen LogP contribution in [0.2, 0.25) is 0 Å². The molecule has 1 N–H and O–H groups in total. The molecule has 0 saturated carbocycles. The summed E-state index contributed by atoms with van der Waals surface area (Å²) in [6, 6.07) is 0.440. The van der Waals surface area contributed by atoms with Crippen LogP contribution in [0.5, 0.6) is 0 Å². The fourth-order valence-electron chi connectivity index (χ4n) is 3.00. The molecular formula is C11H18N2O4. The smallest absolute Gasteiger partial charge is 0.407 e. The fraction of sp³-hybridized carbons (Fsp3) is 0.909. The Morgan fingerprint density at radius 2 is 2.00 bits per heavy atom. The van der Waals surface area contributed by atoms with Crippen molar-refractivity contribution in [1.29, 1.82) is 0 Å². The molecule has 0 aromatic carbocycles. The van der Waals surface area contributed by atoms with Crippen LogP contribution in [0, 0.1) is 0 Å². The molecule has 0 radical (unpaired) electrons. The maximum absolute atomic E-state index is 10.7.